The molecule has 1 aliphatic rings. The van der Waals surface area contributed by atoms with E-state index >= 15 is 0 Å². The van der Waals surface area contributed by atoms with Crippen LogP contribution in [0.15, 0.2) is 54.7 Å². The molecule has 0 aliphatic carbocycles. The van der Waals surface area contributed by atoms with Gasteiger partial charge >= 0.3 is 0 Å². The number of carbonyl (C=O) groups is 1. The molecular formula is C31H44N4O5Si. The predicted molar refractivity (Wildman–Crippen MR) is 162 cm³/mol. The van der Waals surface area contributed by atoms with Crippen molar-refractivity contribution >= 4 is 24.9 Å². The summed E-state index contributed by atoms with van der Waals surface area (Å²) in [6.45, 7) is 9.44. The standard InChI is InChI=1S/C31H44N4O5Si/c1-21-28(14-9-23-7-6-8-24(19-23)32-31(38)22(2)37)40-29(15-17-35-20-25(16-18-36)33-34-35)30(21)41(4,5)27-12-10-26(39-3)11-13-27/h6-8,10-13,19-22,28-30,36-37H,9,14-18H2,1-5H3,(H,32,38)/t21-,22+,28+,29-,30+/m1/s1. The molecule has 1 saturated heterocycles. The summed E-state index contributed by atoms with van der Waals surface area (Å²) < 4.78 is 14.1. The fourth-order valence-corrected chi connectivity index (χ4v) is 10.3. The highest BCUT2D eigenvalue weighted by molar-refractivity contribution is 6.91. The lowest BCUT2D eigenvalue weighted by Gasteiger charge is -2.36. The molecule has 0 spiro atoms. The molecule has 5 atom stereocenters. The Morgan fingerprint density at radius 1 is 1.15 bits per heavy atom. The molecule has 0 unspecified atom stereocenters. The molecule has 3 aromatic rings. The van der Waals surface area contributed by atoms with Crippen molar-refractivity contribution in [3.8, 4) is 5.75 Å². The summed E-state index contributed by atoms with van der Waals surface area (Å²) in [5.74, 6) is 0.810. The average molecular weight is 581 g/mol. The molecule has 9 nitrogen and oxygen atoms in total. The first kappa shape index (κ1) is 30.9. The van der Waals surface area contributed by atoms with E-state index in [1.54, 1.807) is 7.11 Å². The van der Waals surface area contributed by atoms with Gasteiger partial charge in [-0.05, 0) is 67.5 Å². The van der Waals surface area contributed by atoms with Gasteiger partial charge in [-0.15, -0.1) is 5.10 Å². The molecule has 1 amide bonds. The van der Waals surface area contributed by atoms with Gasteiger partial charge in [-0.3, -0.25) is 9.48 Å². The highest BCUT2D eigenvalue weighted by atomic mass is 28.3. The fourth-order valence-electron chi connectivity index (χ4n) is 6.21. The Hall–Kier alpha value is -3.05. The number of methoxy groups -OCH3 is 1. The van der Waals surface area contributed by atoms with E-state index in [-0.39, 0.29) is 18.8 Å². The summed E-state index contributed by atoms with van der Waals surface area (Å²) in [5.41, 5.74) is 3.00. The minimum atomic E-state index is -1.97. The molecular weight excluding hydrogens is 536 g/mol. The van der Waals surface area contributed by atoms with Crippen LogP contribution in [0.2, 0.25) is 18.6 Å². The second kappa shape index (κ2) is 13.7. The second-order valence-electron chi connectivity index (χ2n) is 11.7. The molecule has 2 aromatic carbocycles. The third-order valence-corrected chi connectivity index (χ3v) is 12.8. The fraction of sp³-hybridized carbons (Fsp3) is 0.516. The van der Waals surface area contributed by atoms with E-state index in [1.165, 1.54) is 12.1 Å². The maximum Gasteiger partial charge on any atom is 0.252 e. The summed E-state index contributed by atoms with van der Waals surface area (Å²) in [4.78, 5) is 11.9. The van der Waals surface area contributed by atoms with E-state index in [2.05, 4.69) is 66.0 Å². The topological polar surface area (TPSA) is 119 Å². The van der Waals surface area contributed by atoms with Gasteiger partial charge in [0.25, 0.3) is 5.91 Å². The number of aliphatic hydroxyl groups excluding tert-OH is 2. The van der Waals surface area contributed by atoms with Crippen molar-refractivity contribution in [2.75, 3.05) is 19.0 Å². The van der Waals surface area contributed by atoms with Crippen molar-refractivity contribution in [1.29, 1.82) is 0 Å². The number of aromatic nitrogens is 3. The maximum atomic E-state index is 11.9. The maximum absolute atomic E-state index is 11.9. The van der Waals surface area contributed by atoms with Gasteiger partial charge in [-0.1, -0.05) is 54.7 Å². The van der Waals surface area contributed by atoms with Gasteiger partial charge in [0, 0.05) is 31.5 Å². The van der Waals surface area contributed by atoms with Gasteiger partial charge in [0.05, 0.1) is 33.1 Å². The molecule has 1 aromatic heterocycles. The van der Waals surface area contributed by atoms with Gasteiger partial charge in [-0.2, -0.15) is 0 Å². The molecule has 222 valence electrons. The molecule has 0 bridgehead atoms. The molecule has 4 rings (SSSR count). The number of hydrogen-bond acceptors (Lipinski definition) is 7. The van der Waals surface area contributed by atoms with Crippen molar-refractivity contribution in [2.24, 2.45) is 5.92 Å². The molecule has 3 N–H and O–H groups in total. The van der Waals surface area contributed by atoms with Gasteiger partial charge in [0.1, 0.15) is 11.9 Å². The van der Waals surface area contributed by atoms with E-state index in [9.17, 15) is 15.0 Å². The molecule has 41 heavy (non-hydrogen) atoms. The Morgan fingerprint density at radius 3 is 2.59 bits per heavy atom. The Morgan fingerprint density at radius 2 is 1.90 bits per heavy atom. The van der Waals surface area contributed by atoms with E-state index in [4.69, 9.17) is 9.47 Å². The number of aliphatic hydroxyl groups is 2. The van der Waals surface area contributed by atoms with E-state index in [1.807, 2.05) is 29.1 Å². The molecule has 1 aliphatic heterocycles. The average Bonchev–Trinajstić information content (AvgIpc) is 3.54. The first-order chi connectivity index (χ1) is 19.6. The molecule has 0 saturated carbocycles. The van der Waals surface area contributed by atoms with Crippen molar-refractivity contribution in [1.82, 2.24) is 15.0 Å². The van der Waals surface area contributed by atoms with Gasteiger partial charge in [0.2, 0.25) is 0 Å². The SMILES string of the molecule is COc1ccc([Si](C)(C)[C@H]2[C@H](C)[C@H](CCc3cccc(NC(=O)[C@H](C)O)c3)O[C@@H]2CCn2cc(CCO)nn2)cc1. The van der Waals surface area contributed by atoms with Gasteiger partial charge in [0.15, 0.2) is 0 Å². The number of ether oxygens (including phenoxy) is 2. The first-order valence-electron chi connectivity index (χ1n) is 14.5. The van der Waals surface area contributed by atoms with Crippen molar-refractivity contribution in [2.45, 2.75) is 83.0 Å². The van der Waals surface area contributed by atoms with Crippen LogP contribution in [0, 0.1) is 5.92 Å². The highest BCUT2D eigenvalue weighted by Crippen LogP contribution is 2.46. The zero-order chi connectivity index (χ0) is 29.6. The second-order valence-corrected chi connectivity index (χ2v) is 16.4. The normalized spacial score (nSPS) is 21.5. The van der Waals surface area contributed by atoms with Crippen LogP contribution >= 0.6 is 0 Å². The summed E-state index contributed by atoms with van der Waals surface area (Å²) in [7, 11) is -0.280. The number of benzene rings is 2. The number of hydrogen-bond donors (Lipinski definition) is 3. The number of anilines is 1. The van der Waals surface area contributed by atoms with Crippen LogP contribution in [-0.2, 0) is 28.9 Å². The molecule has 0 radical (unpaired) electrons. The third kappa shape index (κ3) is 7.62. The number of nitrogens with one attached hydrogen (secondary N) is 1. The summed E-state index contributed by atoms with van der Waals surface area (Å²) in [6.07, 6.45) is 4.08. The Bertz CT molecular complexity index is 1280. The lowest BCUT2D eigenvalue weighted by molar-refractivity contribution is -0.123. The molecule has 1 fully saturated rings. The quantitative estimate of drug-likeness (QED) is 0.265. The minimum Gasteiger partial charge on any atom is -0.497 e. The predicted octanol–water partition coefficient (Wildman–Crippen LogP) is 3.55. The van der Waals surface area contributed by atoms with Gasteiger partial charge < -0.3 is 25.0 Å². The monoisotopic (exact) mass is 580 g/mol. The lowest BCUT2D eigenvalue weighted by Crippen LogP contribution is -2.50. The summed E-state index contributed by atoms with van der Waals surface area (Å²) in [5, 5.41) is 31.4. The van der Waals surface area contributed by atoms with Crippen LogP contribution < -0.4 is 15.2 Å². The van der Waals surface area contributed by atoms with Crippen LogP contribution in [0.25, 0.3) is 0 Å². The summed E-state index contributed by atoms with van der Waals surface area (Å²) in [6, 6.07) is 16.3. The largest absolute Gasteiger partial charge is 0.497 e. The summed E-state index contributed by atoms with van der Waals surface area (Å²) >= 11 is 0. The van der Waals surface area contributed by atoms with E-state index in [0.717, 1.165) is 36.3 Å². The Labute approximate surface area is 243 Å². The Balaban J connectivity index is 1.51. The lowest BCUT2D eigenvalue weighted by atomic mass is 9.95. The number of aryl methyl sites for hydroxylation is 2. The van der Waals surface area contributed by atoms with Crippen molar-refractivity contribution in [3.63, 3.8) is 0 Å². The van der Waals surface area contributed by atoms with E-state index in [0.29, 0.717) is 30.1 Å². The number of nitrogens with zero attached hydrogens (tertiary/aromatic N) is 3. The minimum absolute atomic E-state index is 0.0587. The molecule has 10 heteroatoms. The Kier molecular flexibility index (Phi) is 10.4. The van der Waals surface area contributed by atoms with Crippen LogP contribution in [-0.4, -0.2) is 71.2 Å². The molecule has 2 heterocycles. The van der Waals surface area contributed by atoms with Crippen molar-refractivity contribution in [3.05, 3.63) is 66.0 Å². The smallest absolute Gasteiger partial charge is 0.252 e. The number of amides is 1. The number of carbonyl (C=O) groups excluding carboxylic acids is 1. The van der Waals surface area contributed by atoms with Crippen LogP contribution in [0.1, 0.15) is 37.9 Å². The number of rotatable bonds is 13. The van der Waals surface area contributed by atoms with Crippen LogP contribution in [0.3, 0.4) is 0 Å². The van der Waals surface area contributed by atoms with E-state index < -0.39 is 20.1 Å². The van der Waals surface area contributed by atoms with Crippen LogP contribution in [0.4, 0.5) is 5.69 Å². The third-order valence-electron chi connectivity index (χ3n) is 8.46. The van der Waals surface area contributed by atoms with Crippen molar-refractivity contribution < 1.29 is 24.5 Å². The first-order valence-corrected chi connectivity index (χ1v) is 17.6. The van der Waals surface area contributed by atoms with Gasteiger partial charge in [-0.25, -0.2) is 0 Å². The highest BCUT2D eigenvalue weighted by Gasteiger charge is 2.50. The van der Waals surface area contributed by atoms with Crippen LogP contribution in [0.5, 0.6) is 5.75 Å². The zero-order valence-electron chi connectivity index (χ0n) is 24.8. The zero-order valence-corrected chi connectivity index (χ0v) is 25.8.